The van der Waals surface area contributed by atoms with E-state index < -0.39 is 0 Å². The number of hydrogen-bond acceptors (Lipinski definition) is 1. The molecule has 0 unspecified atom stereocenters. The molecular weight excluding hydrogens is 274 g/mol. The predicted octanol–water partition coefficient (Wildman–Crippen LogP) is 2.59. The van der Waals surface area contributed by atoms with Crippen LogP contribution in [0.3, 0.4) is 0 Å². The third-order valence-electron chi connectivity index (χ3n) is 1.44. The van der Waals surface area contributed by atoms with Crippen molar-refractivity contribution in [1.29, 1.82) is 0 Å². The van der Waals surface area contributed by atoms with E-state index >= 15 is 0 Å². The Morgan fingerprint density at radius 1 is 1.45 bits per heavy atom. The molecule has 0 amide bonds. The van der Waals surface area contributed by atoms with Crippen molar-refractivity contribution < 1.29 is 0 Å². The van der Waals surface area contributed by atoms with Gasteiger partial charge in [-0.25, -0.2) is 4.98 Å². The van der Waals surface area contributed by atoms with E-state index in [9.17, 15) is 0 Å². The molecule has 0 aliphatic rings. The largest absolute Gasteiger partial charge is 0.289 e. The van der Waals surface area contributed by atoms with Gasteiger partial charge in [0.05, 0.1) is 11.7 Å². The van der Waals surface area contributed by atoms with E-state index in [1.807, 2.05) is 16.5 Å². The van der Waals surface area contributed by atoms with Gasteiger partial charge in [0.2, 0.25) is 0 Å². The second kappa shape index (κ2) is 2.64. The van der Waals surface area contributed by atoms with Gasteiger partial charge in [0.15, 0.2) is 0 Å². The van der Waals surface area contributed by atoms with Crippen LogP contribution < -0.4 is 0 Å². The van der Waals surface area contributed by atoms with Crippen molar-refractivity contribution in [3.63, 3.8) is 0 Å². The number of halogens is 2. The van der Waals surface area contributed by atoms with Gasteiger partial charge in [-0.05, 0) is 34.7 Å². The first-order valence-corrected chi connectivity index (χ1v) is 4.50. The third-order valence-corrected chi connectivity index (χ3v) is 2.35. The zero-order valence-corrected chi connectivity index (χ0v) is 8.37. The fourth-order valence-electron chi connectivity index (χ4n) is 0.957. The Kier molecular flexibility index (Phi) is 1.77. The van der Waals surface area contributed by atoms with E-state index in [1.54, 1.807) is 12.5 Å². The molecule has 0 radical (unpaired) electrons. The zero-order chi connectivity index (χ0) is 7.84. The fraction of sp³-hybridized carbons (Fsp3) is 0. The van der Waals surface area contributed by atoms with Crippen LogP contribution in [0.4, 0.5) is 0 Å². The van der Waals surface area contributed by atoms with Crippen LogP contribution in [0.1, 0.15) is 0 Å². The van der Waals surface area contributed by atoms with Crippen LogP contribution in [0.5, 0.6) is 0 Å². The van der Waals surface area contributed by atoms with Crippen LogP contribution in [0, 0.1) is 3.57 Å². The first-order valence-electron chi connectivity index (χ1n) is 3.04. The topological polar surface area (TPSA) is 17.3 Å². The molecule has 0 aromatic carbocycles. The lowest BCUT2D eigenvalue weighted by Gasteiger charge is -1.97. The average molecular weight is 278 g/mol. The van der Waals surface area contributed by atoms with Gasteiger partial charge < -0.3 is 0 Å². The molecule has 0 atom stereocenters. The minimum absolute atomic E-state index is 0.699. The highest BCUT2D eigenvalue weighted by Gasteiger charge is 1.98. The van der Waals surface area contributed by atoms with Crippen LogP contribution in [0.2, 0.25) is 5.15 Å². The Morgan fingerprint density at radius 3 is 3.09 bits per heavy atom. The normalized spacial score (nSPS) is 10.7. The summed E-state index contributed by atoms with van der Waals surface area (Å²) in [5, 5.41) is 0.699. The Balaban J connectivity index is 2.91. The number of pyridine rings is 1. The van der Waals surface area contributed by atoms with E-state index in [2.05, 4.69) is 27.6 Å². The van der Waals surface area contributed by atoms with Crippen molar-refractivity contribution in [1.82, 2.24) is 9.38 Å². The van der Waals surface area contributed by atoms with Crippen LogP contribution in [0.25, 0.3) is 5.52 Å². The van der Waals surface area contributed by atoms with Gasteiger partial charge >= 0.3 is 0 Å². The van der Waals surface area contributed by atoms with Gasteiger partial charge in [0.1, 0.15) is 11.5 Å². The predicted molar refractivity (Wildman–Crippen MR) is 52.9 cm³/mol. The summed E-state index contributed by atoms with van der Waals surface area (Å²) in [6.07, 6.45) is 3.49. The van der Waals surface area contributed by atoms with E-state index in [-0.39, 0.29) is 0 Å². The maximum Gasteiger partial charge on any atom is 0.115 e. The molecule has 0 saturated carbocycles. The number of rotatable bonds is 0. The molecule has 2 aromatic heterocycles. The number of nitrogens with zero attached hydrogens (tertiary/aromatic N) is 2. The molecule has 2 nitrogen and oxygen atoms in total. The van der Waals surface area contributed by atoms with E-state index in [4.69, 9.17) is 11.6 Å². The van der Waals surface area contributed by atoms with Crippen LogP contribution in [-0.4, -0.2) is 9.38 Å². The minimum Gasteiger partial charge on any atom is -0.289 e. The van der Waals surface area contributed by atoms with Gasteiger partial charge in [-0.2, -0.15) is 0 Å². The maximum absolute atomic E-state index is 5.92. The summed E-state index contributed by atoms with van der Waals surface area (Å²) in [5.74, 6) is 0. The van der Waals surface area contributed by atoms with E-state index in [0.29, 0.717) is 5.15 Å². The first-order chi connectivity index (χ1) is 5.27. The SMILES string of the molecule is Clc1cc(I)cc2cncn12. The molecular formula is C7H4ClIN2. The Labute approximate surface area is 82.3 Å². The highest BCUT2D eigenvalue weighted by molar-refractivity contribution is 14.1. The molecule has 11 heavy (non-hydrogen) atoms. The number of aromatic nitrogens is 2. The molecule has 0 aliphatic heterocycles. The van der Waals surface area contributed by atoms with Crippen LogP contribution in [0.15, 0.2) is 24.7 Å². The molecule has 56 valence electrons. The van der Waals surface area contributed by atoms with Crippen LogP contribution in [-0.2, 0) is 0 Å². The smallest absolute Gasteiger partial charge is 0.115 e. The molecule has 0 fully saturated rings. The summed E-state index contributed by atoms with van der Waals surface area (Å²) < 4.78 is 2.96. The number of hydrogen-bond donors (Lipinski definition) is 0. The highest BCUT2D eigenvalue weighted by atomic mass is 127. The van der Waals surface area contributed by atoms with Crippen molar-refractivity contribution in [3.05, 3.63) is 33.4 Å². The molecule has 4 heteroatoms. The van der Waals surface area contributed by atoms with Crippen molar-refractivity contribution in [3.8, 4) is 0 Å². The maximum atomic E-state index is 5.92. The summed E-state index contributed by atoms with van der Waals surface area (Å²) in [5.41, 5.74) is 1.03. The Morgan fingerprint density at radius 2 is 2.27 bits per heavy atom. The minimum atomic E-state index is 0.699. The Bertz CT molecular complexity index is 396. The van der Waals surface area contributed by atoms with Gasteiger partial charge in [0, 0.05) is 3.57 Å². The lowest BCUT2D eigenvalue weighted by molar-refractivity contribution is 1.15. The molecule has 0 N–H and O–H groups in total. The fourth-order valence-corrected chi connectivity index (χ4v) is 2.01. The summed E-state index contributed by atoms with van der Waals surface area (Å²) in [7, 11) is 0. The van der Waals surface area contributed by atoms with Crippen molar-refractivity contribution >= 4 is 39.7 Å². The van der Waals surface area contributed by atoms with Gasteiger partial charge in [-0.3, -0.25) is 4.40 Å². The Hall–Kier alpha value is -0.290. The summed E-state index contributed by atoms with van der Waals surface area (Å²) in [6, 6.07) is 3.93. The molecule has 0 aliphatic carbocycles. The molecule has 2 rings (SSSR count). The van der Waals surface area contributed by atoms with Gasteiger partial charge in [0.25, 0.3) is 0 Å². The van der Waals surface area contributed by atoms with Crippen molar-refractivity contribution in [2.75, 3.05) is 0 Å². The second-order valence-electron chi connectivity index (χ2n) is 2.18. The summed E-state index contributed by atoms with van der Waals surface area (Å²) >= 11 is 8.15. The van der Waals surface area contributed by atoms with Gasteiger partial charge in [-0.15, -0.1) is 0 Å². The monoisotopic (exact) mass is 278 g/mol. The average Bonchev–Trinajstić information content (AvgIpc) is 2.34. The molecule has 2 aromatic rings. The van der Waals surface area contributed by atoms with E-state index in [1.165, 1.54) is 0 Å². The highest BCUT2D eigenvalue weighted by Crippen LogP contribution is 2.16. The van der Waals surface area contributed by atoms with Crippen molar-refractivity contribution in [2.45, 2.75) is 0 Å². The number of imidazole rings is 1. The van der Waals surface area contributed by atoms with Crippen molar-refractivity contribution in [2.24, 2.45) is 0 Å². The zero-order valence-electron chi connectivity index (χ0n) is 5.46. The standard InChI is InChI=1S/C7H4ClIN2/c8-7-2-5(9)1-6-3-10-4-11(6)7/h1-4H. The molecule has 0 bridgehead atoms. The van der Waals surface area contributed by atoms with Gasteiger partial charge in [-0.1, -0.05) is 11.6 Å². The summed E-state index contributed by atoms with van der Waals surface area (Å²) in [6.45, 7) is 0. The quantitative estimate of drug-likeness (QED) is 0.535. The lowest BCUT2D eigenvalue weighted by atomic mass is 10.4. The number of fused-ring (bicyclic) bond motifs is 1. The lowest BCUT2D eigenvalue weighted by Crippen LogP contribution is -1.84. The molecule has 0 saturated heterocycles. The molecule has 0 spiro atoms. The first kappa shape index (κ1) is 7.36. The molecule has 2 heterocycles. The third kappa shape index (κ3) is 1.22. The summed E-state index contributed by atoms with van der Waals surface area (Å²) in [4.78, 5) is 3.98. The van der Waals surface area contributed by atoms with E-state index in [0.717, 1.165) is 9.09 Å². The van der Waals surface area contributed by atoms with Crippen LogP contribution >= 0.6 is 34.2 Å². The second-order valence-corrected chi connectivity index (χ2v) is 3.82.